The van der Waals surface area contributed by atoms with Gasteiger partial charge in [-0.1, -0.05) is 17.7 Å². The Morgan fingerprint density at radius 3 is 3.09 bits per heavy atom. The maximum absolute atomic E-state index is 5.77. The highest BCUT2D eigenvalue weighted by molar-refractivity contribution is 6.30. The van der Waals surface area contributed by atoms with Crippen LogP contribution in [0.15, 0.2) is 18.3 Å². The van der Waals surface area contributed by atoms with E-state index in [0.29, 0.717) is 18.4 Å². The monoisotopic (exact) mass is 171 g/mol. The molecule has 0 atom stereocenters. The Hall–Kier alpha value is -0.600. The van der Waals surface area contributed by atoms with E-state index in [0.717, 1.165) is 5.56 Å². The van der Waals surface area contributed by atoms with Crippen molar-refractivity contribution < 1.29 is 4.74 Å². The summed E-state index contributed by atoms with van der Waals surface area (Å²) in [4.78, 5) is 3.92. The number of halogens is 1. The molecule has 0 aliphatic carbocycles. The summed E-state index contributed by atoms with van der Waals surface area (Å²) in [6, 6.07) is 3.76. The lowest BCUT2D eigenvalue weighted by molar-refractivity contribution is 0.134. The van der Waals surface area contributed by atoms with Crippen LogP contribution in [0.25, 0.3) is 0 Å². The molecule has 0 aliphatic rings. The van der Waals surface area contributed by atoms with Gasteiger partial charge in [0.25, 0.3) is 0 Å². The Labute approximate surface area is 71.2 Å². The van der Waals surface area contributed by atoms with Gasteiger partial charge in [-0.2, -0.15) is 0 Å². The molecule has 3 heteroatoms. The Kier molecular flexibility index (Phi) is 3.33. The molecule has 0 unspecified atom stereocenters. The zero-order chi connectivity index (χ0) is 8.10. The topological polar surface area (TPSA) is 22.1 Å². The number of aromatic nitrogens is 1. The molecule has 0 spiro atoms. The first-order valence-corrected chi connectivity index (χ1v) is 3.89. The molecule has 1 rings (SSSR count). The third-order valence-electron chi connectivity index (χ3n) is 1.30. The van der Waals surface area contributed by atoms with Gasteiger partial charge in [0.2, 0.25) is 0 Å². The summed E-state index contributed by atoms with van der Waals surface area (Å²) in [6.45, 7) is 3.19. The van der Waals surface area contributed by atoms with Crippen LogP contribution in [0, 0.1) is 0 Å². The summed E-state index contributed by atoms with van der Waals surface area (Å²) in [5.74, 6) is 0. The molecular weight excluding hydrogens is 162 g/mol. The summed E-state index contributed by atoms with van der Waals surface area (Å²) >= 11 is 5.77. The second-order valence-electron chi connectivity index (χ2n) is 2.09. The van der Waals surface area contributed by atoms with Crippen LogP contribution < -0.4 is 0 Å². The van der Waals surface area contributed by atoms with E-state index < -0.39 is 0 Å². The minimum Gasteiger partial charge on any atom is -0.377 e. The lowest BCUT2D eigenvalue weighted by Crippen LogP contribution is -1.93. The van der Waals surface area contributed by atoms with Gasteiger partial charge in [-0.05, 0) is 13.0 Å². The molecule has 0 saturated carbocycles. The van der Waals surface area contributed by atoms with Gasteiger partial charge < -0.3 is 4.74 Å². The molecule has 11 heavy (non-hydrogen) atoms. The van der Waals surface area contributed by atoms with Gasteiger partial charge in [-0.25, -0.2) is 4.98 Å². The molecule has 1 heterocycles. The maximum Gasteiger partial charge on any atom is 0.134 e. The van der Waals surface area contributed by atoms with E-state index in [1.807, 2.05) is 19.1 Å². The predicted octanol–water partition coefficient (Wildman–Crippen LogP) is 2.27. The lowest BCUT2D eigenvalue weighted by Gasteiger charge is -2.01. The van der Waals surface area contributed by atoms with Crippen molar-refractivity contribution in [3.05, 3.63) is 29.0 Å². The zero-order valence-electron chi connectivity index (χ0n) is 6.38. The van der Waals surface area contributed by atoms with Crippen LogP contribution in [0.1, 0.15) is 12.5 Å². The molecule has 60 valence electrons. The second-order valence-corrected chi connectivity index (χ2v) is 2.45. The summed E-state index contributed by atoms with van der Waals surface area (Å²) in [6.07, 6.45) is 1.66. The number of nitrogens with zero attached hydrogens (tertiary/aromatic N) is 1. The van der Waals surface area contributed by atoms with Crippen LogP contribution >= 0.6 is 11.6 Å². The number of rotatable bonds is 3. The lowest BCUT2D eigenvalue weighted by atomic mass is 10.3. The zero-order valence-corrected chi connectivity index (χ0v) is 7.14. The first-order valence-electron chi connectivity index (χ1n) is 3.51. The largest absolute Gasteiger partial charge is 0.377 e. The minimum atomic E-state index is 0.529. The van der Waals surface area contributed by atoms with E-state index in [1.54, 1.807) is 6.20 Å². The standard InChI is InChI=1S/C8H10ClNO/c1-2-11-6-7-4-3-5-10-8(7)9/h3-5H,2,6H2,1H3. The number of pyridine rings is 1. The summed E-state index contributed by atoms with van der Waals surface area (Å²) in [5.41, 5.74) is 0.941. The first-order chi connectivity index (χ1) is 5.34. The Morgan fingerprint density at radius 1 is 1.64 bits per heavy atom. The van der Waals surface area contributed by atoms with Gasteiger partial charge in [0.1, 0.15) is 5.15 Å². The number of hydrogen-bond donors (Lipinski definition) is 0. The minimum absolute atomic E-state index is 0.529. The van der Waals surface area contributed by atoms with Crippen LogP contribution in [0.2, 0.25) is 5.15 Å². The highest BCUT2D eigenvalue weighted by atomic mass is 35.5. The van der Waals surface area contributed by atoms with E-state index in [2.05, 4.69) is 4.98 Å². The molecule has 1 aromatic heterocycles. The van der Waals surface area contributed by atoms with Gasteiger partial charge in [0.15, 0.2) is 0 Å². The molecule has 0 amide bonds. The quantitative estimate of drug-likeness (QED) is 0.651. The maximum atomic E-state index is 5.77. The molecular formula is C8H10ClNO. The van der Waals surface area contributed by atoms with Crippen molar-refractivity contribution in [3.63, 3.8) is 0 Å². The fourth-order valence-corrected chi connectivity index (χ4v) is 0.913. The van der Waals surface area contributed by atoms with Gasteiger partial charge in [-0.15, -0.1) is 0 Å². The van der Waals surface area contributed by atoms with Crippen LogP contribution in [-0.4, -0.2) is 11.6 Å². The average Bonchev–Trinajstić information content (AvgIpc) is 2.03. The fraction of sp³-hybridized carbons (Fsp3) is 0.375. The normalized spacial score (nSPS) is 10.0. The van der Waals surface area contributed by atoms with Crippen molar-refractivity contribution in [2.75, 3.05) is 6.61 Å². The molecule has 2 nitrogen and oxygen atoms in total. The summed E-state index contributed by atoms with van der Waals surface area (Å²) < 4.78 is 5.18. The van der Waals surface area contributed by atoms with E-state index in [4.69, 9.17) is 16.3 Å². The molecule has 1 aromatic rings. The van der Waals surface area contributed by atoms with Gasteiger partial charge in [0.05, 0.1) is 6.61 Å². The smallest absolute Gasteiger partial charge is 0.134 e. The number of ether oxygens (including phenoxy) is 1. The Balaban J connectivity index is 2.62. The molecule has 0 saturated heterocycles. The van der Waals surface area contributed by atoms with E-state index in [-0.39, 0.29) is 0 Å². The van der Waals surface area contributed by atoms with Gasteiger partial charge in [0, 0.05) is 18.4 Å². The fourth-order valence-electron chi connectivity index (χ4n) is 0.739. The Bertz CT molecular complexity index is 227. The molecule has 0 radical (unpaired) electrons. The average molecular weight is 172 g/mol. The highest BCUT2D eigenvalue weighted by Gasteiger charge is 1.97. The summed E-state index contributed by atoms with van der Waals surface area (Å²) in [5, 5.41) is 0.529. The van der Waals surface area contributed by atoms with E-state index in [1.165, 1.54) is 0 Å². The highest BCUT2D eigenvalue weighted by Crippen LogP contribution is 2.11. The van der Waals surface area contributed by atoms with E-state index >= 15 is 0 Å². The third-order valence-corrected chi connectivity index (χ3v) is 1.64. The van der Waals surface area contributed by atoms with Crippen LogP contribution in [0.4, 0.5) is 0 Å². The van der Waals surface area contributed by atoms with Crippen molar-refractivity contribution in [3.8, 4) is 0 Å². The van der Waals surface area contributed by atoms with Crippen molar-refractivity contribution in [1.82, 2.24) is 4.98 Å². The van der Waals surface area contributed by atoms with E-state index in [9.17, 15) is 0 Å². The van der Waals surface area contributed by atoms with Gasteiger partial charge >= 0.3 is 0 Å². The first kappa shape index (κ1) is 8.50. The summed E-state index contributed by atoms with van der Waals surface area (Å²) in [7, 11) is 0. The molecule has 0 aromatic carbocycles. The third kappa shape index (κ3) is 2.48. The van der Waals surface area contributed by atoms with Crippen molar-refractivity contribution in [2.24, 2.45) is 0 Å². The van der Waals surface area contributed by atoms with Crippen LogP contribution in [0.5, 0.6) is 0 Å². The Morgan fingerprint density at radius 2 is 2.45 bits per heavy atom. The van der Waals surface area contributed by atoms with Crippen molar-refractivity contribution in [1.29, 1.82) is 0 Å². The predicted molar refractivity (Wildman–Crippen MR) is 44.6 cm³/mol. The van der Waals surface area contributed by atoms with Gasteiger partial charge in [-0.3, -0.25) is 0 Å². The van der Waals surface area contributed by atoms with Crippen molar-refractivity contribution in [2.45, 2.75) is 13.5 Å². The molecule has 0 fully saturated rings. The molecule has 0 bridgehead atoms. The molecule has 0 N–H and O–H groups in total. The second kappa shape index (κ2) is 4.31. The molecule has 0 aliphatic heterocycles. The van der Waals surface area contributed by atoms with Crippen LogP contribution in [-0.2, 0) is 11.3 Å². The van der Waals surface area contributed by atoms with Crippen LogP contribution in [0.3, 0.4) is 0 Å². The number of hydrogen-bond acceptors (Lipinski definition) is 2. The SMILES string of the molecule is CCOCc1cccnc1Cl. The van der Waals surface area contributed by atoms with Crippen molar-refractivity contribution >= 4 is 11.6 Å².